The van der Waals surface area contributed by atoms with Gasteiger partial charge in [0.15, 0.2) is 0 Å². The number of urea groups is 1. The van der Waals surface area contributed by atoms with E-state index in [1.807, 2.05) is 18.2 Å². The normalized spacial score (nSPS) is 9.57. The second kappa shape index (κ2) is 5.27. The molecule has 0 aliphatic heterocycles. The molecule has 1 N–H and O–H groups in total. The van der Waals surface area contributed by atoms with Crippen molar-refractivity contribution in [2.45, 2.75) is 6.42 Å². The second-order valence-electron chi connectivity index (χ2n) is 3.21. The van der Waals surface area contributed by atoms with Crippen LogP contribution in [0.15, 0.2) is 30.3 Å². The molecule has 3 heteroatoms. The highest BCUT2D eigenvalue weighted by Gasteiger charge is 2.04. The van der Waals surface area contributed by atoms with Gasteiger partial charge in [-0.3, -0.25) is 0 Å². The van der Waals surface area contributed by atoms with Crippen LogP contribution in [0.5, 0.6) is 0 Å². The minimum Gasteiger partial charge on any atom is -0.341 e. The Balaban J connectivity index is 2.38. The monoisotopic (exact) mass is 192 g/mol. The summed E-state index contributed by atoms with van der Waals surface area (Å²) in [4.78, 5) is 12.8. The average Bonchev–Trinajstić information content (AvgIpc) is 2.26. The lowest BCUT2D eigenvalue weighted by Gasteiger charge is -2.16. The zero-order valence-corrected chi connectivity index (χ0v) is 8.66. The highest BCUT2D eigenvalue weighted by molar-refractivity contribution is 5.73. The van der Waals surface area contributed by atoms with Crippen LogP contribution in [0.3, 0.4) is 0 Å². The van der Waals surface area contributed by atoms with Crippen molar-refractivity contribution in [3.63, 3.8) is 0 Å². The van der Waals surface area contributed by atoms with E-state index < -0.39 is 0 Å². The van der Waals surface area contributed by atoms with Crippen LogP contribution in [0.25, 0.3) is 0 Å². The highest BCUT2D eigenvalue weighted by Crippen LogP contribution is 2.00. The summed E-state index contributed by atoms with van der Waals surface area (Å²) in [7, 11) is 3.43. The molecule has 1 aromatic rings. The minimum atomic E-state index is -0.0408. The number of likely N-dealkylation sites (N-methyl/N-ethyl adjacent to an activating group) is 1. The molecule has 0 unspecified atom stereocenters. The summed E-state index contributed by atoms with van der Waals surface area (Å²) in [5.41, 5.74) is 1.25. The lowest BCUT2D eigenvalue weighted by atomic mass is 10.1. The molecule has 0 fully saturated rings. The summed E-state index contributed by atoms with van der Waals surface area (Å²) in [6, 6.07) is 10.1. The molecule has 0 spiro atoms. The first kappa shape index (κ1) is 10.6. The number of carbonyl (C=O) groups is 1. The molecule has 0 aromatic heterocycles. The molecule has 0 heterocycles. The van der Waals surface area contributed by atoms with Crippen molar-refractivity contribution in [2.24, 2.45) is 0 Å². The maximum Gasteiger partial charge on any atom is 0.316 e. The molecule has 2 amide bonds. The number of nitrogens with one attached hydrogen (secondary N) is 1. The molecular formula is C11H16N2O. The average molecular weight is 192 g/mol. The zero-order chi connectivity index (χ0) is 10.4. The van der Waals surface area contributed by atoms with E-state index in [0.717, 1.165) is 13.0 Å². The van der Waals surface area contributed by atoms with Crippen LogP contribution in [0.1, 0.15) is 5.56 Å². The van der Waals surface area contributed by atoms with E-state index in [0.29, 0.717) is 0 Å². The van der Waals surface area contributed by atoms with E-state index in [2.05, 4.69) is 17.4 Å². The fourth-order valence-electron chi connectivity index (χ4n) is 1.23. The third kappa shape index (κ3) is 3.09. The Hall–Kier alpha value is -1.51. The Kier molecular flexibility index (Phi) is 3.98. The molecule has 0 aliphatic rings. The number of hydrogen-bond donors (Lipinski definition) is 1. The van der Waals surface area contributed by atoms with Crippen molar-refractivity contribution in [1.29, 1.82) is 0 Å². The Morgan fingerprint density at radius 1 is 1.36 bits per heavy atom. The van der Waals surface area contributed by atoms with E-state index in [-0.39, 0.29) is 6.03 Å². The maximum absolute atomic E-state index is 11.1. The lowest BCUT2D eigenvalue weighted by molar-refractivity contribution is 0.211. The highest BCUT2D eigenvalue weighted by atomic mass is 16.2. The van der Waals surface area contributed by atoms with E-state index in [4.69, 9.17) is 0 Å². The summed E-state index contributed by atoms with van der Waals surface area (Å²) in [5.74, 6) is 0. The standard InChI is InChI=1S/C11H16N2O/c1-12-11(14)13(2)9-8-10-6-4-3-5-7-10/h3-7H,8-9H2,1-2H3,(H,12,14). The quantitative estimate of drug-likeness (QED) is 0.773. The Morgan fingerprint density at radius 2 is 2.00 bits per heavy atom. The molecule has 0 bridgehead atoms. The second-order valence-corrected chi connectivity index (χ2v) is 3.21. The smallest absolute Gasteiger partial charge is 0.316 e. The van der Waals surface area contributed by atoms with E-state index in [9.17, 15) is 4.79 Å². The van der Waals surface area contributed by atoms with Gasteiger partial charge in [-0.1, -0.05) is 30.3 Å². The number of benzene rings is 1. The van der Waals surface area contributed by atoms with Gasteiger partial charge in [0.2, 0.25) is 0 Å². The first-order valence-electron chi connectivity index (χ1n) is 4.71. The van der Waals surface area contributed by atoms with Gasteiger partial charge in [0.25, 0.3) is 0 Å². The van der Waals surface area contributed by atoms with Gasteiger partial charge in [-0.15, -0.1) is 0 Å². The Bertz CT molecular complexity index is 285. The third-order valence-corrected chi connectivity index (χ3v) is 2.14. The predicted octanol–water partition coefficient (Wildman–Crippen LogP) is 1.50. The van der Waals surface area contributed by atoms with Gasteiger partial charge >= 0.3 is 6.03 Å². The molecule has 0 saturated carbocycles. The maximum atomic E-state index is 11.1. The van der Waals surface area contributed by atoms with E-state index in [1.165, 1.54) is 5.56 Å². The summed E-state index contributed by atoms with van der Waals surface area (Å²) in [6.45, 7) is 0.740. The molecule has 1 rings (SSSR count). The number of hydrogen-bond acceptors (Lipinski definition) is 1. The van der Waals surface area contributed by atoms with Crippen LogP contribution in [-0.2, 0) is 6.42 Å². The lowest BCUT2D eigenvalue weighted by Crippen LogP contribution is -2.36. The van der Waals surface area contributed by atoms with Crippen molar-refractivity contribution >= 4 is 6.03 Å². The third-order valence-electron chi connectivity index (χ3n) is 2.14. The molecule has 0 atom stereocenters. The van der Waals surface area contributed by atoms with Gasteiger partial charge in [-0.2, -0.15) is 0 Å². The van der Waals surface area contributed by atoms with Crippen molar-refractivity contribution in [2.75, 3.05) is 20.6 Å². The van der Waals surface area contributed by atoms with Crippen LogP contribution in [0.4, 0.5) is 4.79 Å². The SMILES string of the molecule is CNC(=O)N(C)CCc1ccccc1. The summed E-state index contributed by atoms with van der Waals surface area (Å²) in [5, 5.41) is 2.59. The molecule has 0 radical (unpaired) electrons. The molecule has 0 aliphatic carbocycles. The van der Waals surface area contributed by atoms with Crippen molar-refractivity contribution in [3.05, 3.63) is 35.9 Å². The Morgan fingerprint density at radius 3 is 2.57 bits per heavy atom. The topological polar surface area (TPSA) is 32.3 Å². The molecule has 14 heavy (non-hydrogen) atoms. The molecule has 0 saturated heterocycles. The molecular weight excluding hydrogens is 176 g/mol. The van der Waals surface area contributed by atoms with Gasteiger partial charge < -0.3 is 10.2 Å². The minimum absolute atomic E-state index is 0.0408. The summed E-state index contributed by atoms with van der Waals surface area (Å²) in [6.07, 6.45) is 0.894. The number of nitrogens with zero attached hydrogens (tertiary/aromatic N) is 1. The van der Waals surface area contributed by atoms with Crippen LogP contribution in [0.2, 0.25) is 0 Å². The van der Waals surface area contributed by atoms with Crippen LogP contribution in [0, 0.1) is 0 Å². The molecule has 3 nitrogen and oxygen atoms in total. The summed E-state index contributed by atoms with van der Waals surface area (Å²) >= 11 is 0. The first-order chi connectivity index (χ1) is 6.74. The van der Waals surface area contributed by atoms with E-state index in [1.54, 1.807) is 19.0 Å². The number of amides is 2. The van der Waals surface area contributed by atoms with Gasteiger partial charge in [0.05, 0.1) is 0 Å². The van der Waals surface area contributed by atoms with Gasteiger partial charge in [-0.25, -0.2) is 4.79 Å². The van der Waals surface area contributed by atoms with Gasteiger partial charge in [0, 0.05) is 20.6 Å². The molecule has 1 aromatic carbocycles. The van der Waals surface area contributed by atoms with Gasteiger partial charge in [-0.05, 0) is 12.0 Å². The Labute approximate surface area is 84.7 Å². The van der Waals surface area contributed by atoms with Gasteiger partial charge in [0.1, 0.15) is 0 Å². The van der Waals surface area contributed by atoms with Crippen LogP contribution < -0.4 is 5.32 Å². The number of rotatable bonds is 3. The molecule has 76 valence electrons. The van der Waals surface area contributed by atoms with E-state index >= 15 is 0 Å². The van der Waals surface area contributed by atoms with Crippen LogP contribution in [-0.4, -0.2) is 31.6 Å². The first-order valence-corrected chi connectivity index (χ1v) is 4.71. The largest absolute Gasteiger partial charge is 0.341 e. The number of carbonyl (C=O) groups excluding carboxylic acids is 1. The zero-order valence-electron chi connectivity index (χ0n) is 8.66. The predicted molar refractivity (Wildman–Crippen MR) is 57.2 cm³/mol. The van der Waals surface area contributed by atoms with Crippen molar-refractivity contribution in [3.8, 4) is 0 Å². The van der Waals surface area contributed by atoms with Crippen LogP contribution >= 0.6 is 0 Å². The fourth-order valence-corrected chi connectivity index (χ4v) is 1.23. The van der Waals surface area contributed by atoms with Crippen molar-refractivity contribution in [1.82, 2.24) is 10.2 Å². The fraction of sp³-hybridized carbons (Fsp3) is 0.364. The van der Waals surface area contributed by atoms with Crippen molar-refractivity contribution < 1.29 is 4.79 Å². The summed E-state index contributed by atoms with van der Waals surface area (Å²) < 4.78 is 0.